The fourth-order valence-corrected chi connectivity index (χ4v) is 3.90. The third kappa shape index (κ3) is 5.14. The van der Waals surface area contributed by atoms with Crippen molar-refractivity contribution in [2.24, 2.45) is 0 Å². The minimum absolute atomic E-state index is 0.0360. The van der Waals surface area contributed by atoms with Crippen LogP contribution in [0.15, 0.2) is 60.8 Å². The van der Waals surface area contributed by atoms with E-state index in [1.54, 1.807) is 55.6 Å². The second-order valence-electron chi connectivity index (χ2n) is 8.44. The molecule has 4 aromatic rings. The van der Waals surface area contributed by atoms with Gasteiger partial charge in [-0.15, -0.1) is 0 Å². The van der Waals surface area contributed by atoms with Gasteiger partial charge in [-0.2, -0.15) is 5.10 Å². The van der Waals surface area contributed by atoms with Gasteiger partial charge in [0.1, 0.15) is 17.1 Å². The molecule has 12 nitrogen and oxygen atoms in total. The number of nitrogens with zero attached hydrogens (tertiary/aromatic N) is 3. The fourth-order valence-electron chi connectivity index (χ4n) is 3.90. The van der Waals surface area contributed by atoms with Crippen LogP contribution in [0.4, 0.5) is 5.69 Å². The van der Waals surface area contributed by atoms with Gasteiger partial charge in [0.05, 0.1) is 11.9 Å². The molecule has 0 saturated carbocycles. The summed E-state index contributed by atoms with van der Waals surface area (Å²) in [5.74, 6) is -0.813. The van der Waals surface area contributed by atoms with Crippen LogP contribution in [0, 0.1) is 0 Å². The van der Waals surface area contributed by atoms with Gasteiger partial charge in [-0.05, 0) is 35.4 Å². The van der Waals surface area contributed by atoms with Gasteiger partial charge < -0.3 is 26.0 Å². The van der Waals surface area contributed by atoms with Crippen LogP contribution >= 0.6 is 0 Å². The number of hydrogen-bond donors (Lipinski definition) is 4. The Bertz CT molecular complexity index is 1560. The molecule has 0 saturated heterocycles. The number of fused-ring (bicyclic) bond motifs is 2. The molecule has 3 heterocycles. The zero-order valence-electron chi connectivity index (χ0n) is 20.3. The topological polar surface area (TPSA) is 156 Å². The Morgan fingerprint density at radius 2 is 1.68 bits per heavy atom. The van der Waals surface area contributed by atoms with Crippen molar-refractivity contribution < 1.29 is 23.9 Å². The fraction of sp³-hybridized carbons (Fsp3) is 0.154. The number of carbonyl (C=O) groups is 4. The summed E-state index contributed by atoms with van der Waals surface area (Å²) in [4.78, 5) is 53.5. The van der Waals surface area contributed by atoms with Gasteiger partial charge >= 0.3 is 0 Å². The van der Waals surface area contributed by atoms with Gasteiger partial charge in [0.15, 0.2) is 12.3 Å². The van der Waals surface area contributed by atoms with Crippen LogP contribution in [-0.2, 0) is 17.9 Å². The Morgan fingerprint density at radius 1 is 0.947 bits per heavy atom. The van der Waals surface area contributed by atoms with Crippen molar-refractivity contribution in [3.05, 3.63) is 88.9 Å². The van der Waals surface area contributed by atoms with E-state index < -0.39 is 11.8 Å². The number of nitrogens with one attached hydrogen (secondary N) is 4. The summed E-state index contributed by atoms with van der Waals surface area (Å²) in [6, 6.07) is 15.0. The Kier molecular flexibility index (Phi) is 6.68. The number of hydrogen-bond acceptors (Lipinski definition) is 7. The minimum Gasteiger partial charge on any atom is -0.482 e. The Morgan fingerprint density at radius 3 is 2.47 bits per heavy atom. The van der Waals surface area contributed by atoms with Crippen LogP contribution in [0.5, 0.6) is 5.75 Å². The highest BCUT2D eigenvalue weighted by atomic mass is 16.5. The highest BCUT2D eigenvalue weighted by Gasteiger charge is 2.19. The first kappa shape index (κ1) is 24.4. The second-order valence-corrected chi connectivity index (χ2v) is 8.44. The van der Waals surface area contributed by atoms with Crippen molar-refractivity contribution in [3.63, 3.8) is 0 Å². The summed E-state index contributed by atoms with van der Waals surface area (Å²) < 4.78 is 6.70. The zero-order chi connectivity index (χ0) is 26.6. The van der Waals surface area contributed by atoms with Crippen molar-refractivity contribution in [1.29, 1.82) is 0 Å². The van der Waals surface area contributed by atoms with Crippen molar-refractivity contribution in [1.82, 2.24) is 30.5 Å². The highest BCUT2D eigenvalue weighted by Crippen LogP contribution is 2.28. The monoisotopic (exact) mass is 513 g/mol. The van der Waals surface area contributed by atoms with Gasteiger partial charge in [0.25, 0.3) is 23.6 Å². The average Bonchev–Trinajstić information content (AvgIpc) is 3.42. The maximum absolute atomic E-state index is 13.0. The molecule has 0 spiro atoms. The van der Waals surface area contributed by atoms with Crippen molar-refractivity contribution >= 4 is 35.0 Å². The van der Waals surface area contributed by atoms with Crippen LogP contribution in [0.3, 0.4) is 0 Å². The molecule has 4 amide bonds. The number of carbonyl (C=O) groups excluding carboxylic acids is 4. The first-order chi connectivity index (χ1) is 18.4. The van der Waals surface area contributed by atoms with Gasteiger partial charge in [-0.3, -0.25) is 19.2 Å². The van der Waals surface area contributed by atoms with Crippen LogP contribution in [-0.4, -0.2) is 51.9 Å². The van der Waals surface area contributed by atoms with Crippen LogP contribution in [0.2, 0.25) is 0 Å². The summed E-state index contributed by atoms with van der Waals surface area (Å²) in [5, 5.41) is 15.0. The zero-order valence-corrected chi connectivity index (χ0v) is 20.3. The van der Waals surface area contributed by atoms with Crippen LogP contribution < -0.4 is 26.0 Å². The first-order valence-electron chi connectivity index (χ1n) is 11.7. The van der Waals surface area contributed by atoms with E-state index in [-0.39, 0.29) is 42.9 Å². The summed E-state index contributed by atoms with van der Waals surface area (Å²) in [6.07, 6.45) is 1.49. The van der Waals surface area contributed by atoms with Crippen LogP contribution in [0.25, 0.3) is 5.65 Å². The first-order valence-corrected chi connectivity index (χ1v) is 11.7. The molecule has 1 aliphatic rings. The number of amides is 4. The lowest BCUT2D eigenvalue weighted by Crippen LogP contribution is -2.28. The van der Waals surface area contributed by atoms with E-state index in [9.17, 15) is 19.2 Å². The average molecular weight is 514 g/mol. The smallest absolute Gasteiger partial charge is 0.270 e. The quantitative estimate of drug-likeness (QED) is 0.290. The molecule has 12 heteroatoms. The van der Waals surface area contributed by atoms with Crippen LogP contribution in [0.1, 0.15) is 42.5 Å². The largest absolute Gasteiger partial charge is 0.482 e. The van der Waals surface area contributed by atoms with Gasteiger partial charge in [-0.1, -0.05) is 18.2 Å². The van der Waals surface area contributed by atoms with Gasteiger partial charge in [0.2, 0.25) is 0 Å². The third-order valence-electron chi connectivity index (χ3n) is 5.85. The molecule has 2 aromatic heterocycles. The normalized spacial score (nSPS) is 12.2. The third-order valence-corrected chi connectivity index (χ3v) is 5.85. The van der Waals surface area contributed by atoms with E-state index >= 15 is 0 Å². The lowest BCUT2D eigenvalue weighted by Gasteiger charge is -2.18. The summed E-state index contributed by atoms with van der Waals surface area (Å²) >= 11 is 0. The van der Waals surface area contributed by atoms with E-state index in [2.05, 4.69) is 31.3 Å². The Balaban J connectivity index is 1.28. The minimum atomic E-state index is -0.481. The lowest BCUT2D eigenvalue weighted by molar-refractivity contribution is -0.118. The molecule has 38 heavy (non-hydrogen) atoms. The maximum Gasteiger partial charge on any atom is 0.270 e. The molecule has 0 radical (unpaired) electrons. The van der Waals surface area contributed by atoms with Gasteiger partial charge in [-0.25, -0.2) is 9.50 Å². The summed E-state index contributed by atoms with van der Waals surface area (Å²) in [7, 11) is 1.56. The van der Waals surface area contributed by atoms with Crippen molar-refractivity contribution in [3.8, 4) is 5.75 Å². The highest BCUT2D eigenvalue weighted by molar-refractivity contribution is 5.98. The predicted molar refractivity (Wildman–Crippen MR) is 136 cm³/mol. The van der Waals surface area contributed by atoms with E-state index in [0.29, 0.717) is 22.6 Å². The van der Waals surface area contributed by atoms with E-state index in [4.69, 9.17) is 4.74 Å². The molecule has 0 aliphatic carbocycles. The lowest BCUT2D eigenvalue weighted by atomic mass is 10.1. The molecule has 0 fully saturated rings. The molecular formula is C26H23N7O5. The molecule has 2 aromatic carbocycles. The number of rotatable bonds is 7. The standard InChI is InChI=1S/C26H23N7O5/c1-27-24(35)17-5-2-15(3-6-17)12-29-26(37)20-11-19(31-22-8-9-30-33(20)22)25(36)28-13-16-4-7-21-18(10-16)32-23(34)14-38-21/h2-11H,12-14H2,1H3,(H,27,35)(H,28,36)(H,29,37)(H,32,34). The molecule has 5 rings (SSSR count). The number of benzene rings is 2. The molecule has 0 atom stereocenters. The molecule has 192 valence electrons. The predicted octanol–water partition coefficient (Wildman–Crippen LogP) is 1.28. The number of anilines is 1. The molecule has 4 N–H and O–H groups in total. The summed E-state index contributed by atoms with van der Waals surface area (Å²) in [6.45, 7) is 0.339. The van der Waals surface area contributed by atoms with E-state index in [1.165, 1.54) is 16.8 Å². The number of aromatic nitrogens is 3. The molecule has 0 unspecified atom stereocenters. The Labute approximate surface area is 216 Å². The SMILES string of the molecule is CNC(=O)c1ccc(CNC(=O)c2cc(C(=O)NCc3ccc4c(c3)NC(=O)CO4)nc3ccnn23)cc1. The van der Waals surface area contributed by atoms with Crippen molar-refractivity contribution in [2.45, 2.75) is 13.1 Å². The van der Waals surface area contributed by atoms with Crippen molar-refractivity contribution in [2.75, 3.05) is 19.0 Å². The van der Waals surface area contributed by atoms with E-state index in [1.807, 2.05) is 0 Å². The molecule has 1 aliphatic heterocycles. The second kappa shape index (κ2) is 10.4. The Hall–Kier alpha value is -5.26. The van der Waals surface area contributed by atoms with Gasteiger partial charge in [0, 0.05) is 37.8 Å². The summed E-state index contributed by atoms with van der Waals surface area (Å²) in [5.41, 5.74) is 3.11. The maximum atomic E-state index is 13.0. The molecular weight excluding hydrogens is 490 g/mol. The molecule has 0 bridgehead atoms. The van der Waals surface area contributed by atoms with E-state index in [0.717, 1.165) is 11.1 Å². The number of ether oxygens (including phenoxy) is 1.